The van der Waals surface area contributed by atoms with E-state index in [1.165, 1.54) is 0 Å². The lowest BCUT2D eigenvalue weighted by Gasteiger charge is -2.27. The molecule has 0 aliphatic carbocycles. The summed E-state index contributed by atoms with van der Waals surface area (Å²) in [6.45, 7) is 0. The molecule has 0 saturated carbocycles. The third kappa shape index (κ3) is 4.96. The summed E-state index contributed by atoms with van der Waals surface area (Å²) in [4.78, 5) is 11.2. The zero-order valence-electron chi connectivity index (χ0n) is 13.0. The molecule has 2 rings (SSSR count). The number of hydrogen-bond acceptors (Lipinski definition) is 5. The first-order chi connectivity index (χ1) is 11.1. The molecule has 5 nitrogen and oxygen atoms in total. The van der Waals surface area contributed by atoms with E-state index in [0.717, 1.165) is 11.1 Å². The Morgan fingerprint density at radius 2 is 1.26 bits per heavy atom. The first kappa shape index (κ1) is 17.3. The second-order valence-corrected chi connectivity index (χ2v) is 5.79. The number of nitrogens with two attached hydrogens (primary N) is 2. The van der Waals surface area contributed by atoms with E-state index in [1.54, 1.807) is 0 Å². The van der Waals surface area contributed by atoms with Gasteiger partial charge in [0.25, 0.3) is 0 Å². The van der Waals surface area contributed by atoms with Gasteiger partial charge in [-0.25, -0.2) is 0 Å². The maximum atomic E-state index is 11.2. The van der Waals surface area contributed by atoms with E-state index in [1.807, 2.05) is 60.7 Å². The molecule has 5 N–H and O–H groups in total. The summed E-state index contributed by atoms with van der Waals surface area (Å²) in [6, 6.07) is 17.1. The summed E-state index contributed by atoms with van der Waals surface area (Å²) in [5.41, 5.74) is 14.1. The molecule has 5 heteroatoms. The van der Waals surface area contributed by atoms with Crippen LogP contribution < -0.4 is 11.5 Å². The molecule has 23 heavy (non-hydrogen) atoms. The van der Waals surface area contributed by atoms with Gasteiger partial charge in [-0.05, 0) is 24.0 Å². The Morgan fingerprint density at radius 1 is 0.826 bits per heavy atom. The molecule has 0 fully saturated rings. The molecular weight excluding hydrogens is 290 g/mol. The summed E-state index contributed by atoms with van der Waals surface area (Å²) in [5, 5.41) is 13.4. The van der Waals surface area contributed by atoms with Crippen LogP contribution in [0.25, 0.3) is 0 Å². The topological polar surface area (TPSA) is 102 Å². The number of nitroso groups, excluding NO2 is 1. The summed E-state index contributed by atoms with van der Waals surface area (Å²) < 4.78 is 0. The van der Waals surface area contributed by atoms with Crippen LogP contribution in [-0.2, 0) is 12.8 Å². The van der Waals surface area contributed by atoms with E-state index in [0.29, 0.717) is 12.8 Å². The minimum Gasteiger partial charge on any atom is -0.389 e. The number of hydrogen-bond donors (Lipinski definition) is 3. The van der Waals surface area contributed by atoms with Gasteiger partial charge in [0.05, 0.1) is 6.10 Å². The number of aliphatic hydroxyl groups excluding tert-OH is 1. The Kier molecular flexibility index (Phi) is 6.40. The van der Waals surface area contributed by atoms with Gasteiger partial charge < -0.3 is 16.6 Å². The molecule has 0 spiro atoms. The molecule has 4 atom stereocenters. The van der Waals surface area contributed by atoms with Gasteiger partial charge in [0.2, 0.25) is 0 Å². The average Bonchev–Trinajstić information content (AvgIpc) is 2.57. The minimum atomic E-state index is -1.08. The Balaban J connectivity index is 1.99. The molecule has 0 amide bonds. The van der Waals surface area contributed by atoms with Crippen molar-refractivity contribution in [2.24, 2.45) is 16.6 Å². The van der Waals surface area contributed by atoms with Crippen molar-refractivity contribution in [1.29, 1.82) is 0 Å². The van der Waals surface area contributed by atoms with Gasteiger partial charge in [0.15, 0.2) is 0 Å². The van der Waals surface area contributed by atoms with Gasteiger partial charge in [-0.3, -0.25) is 0 Å². The van der Waals surface area contributed by atoms with Crippen LogP contribution in [0.4, 0.5) is 0 Å². The molecule has 0 heterocycles. The van der Waals surface area contributed by atoms with Gasteiger partial charge in [-0.1, -0.05) is 65.8 Å². The van der Waals surface area contributed by atoms with Crippen molar-refractivity contribution in [1.82, 2.24) is 0 Å². The van der Waals surface area contributed by atoms with Crippen LogP contribution in [0.1, 0.15) is 11.1 Å². The molecule has 0 aliphatic heterocycles. The third-order valence-corrected chi connectivity index (χ3v) is 3.98. The molecule has 0 radical (unpaired) electrons. The lowest BCUT2D eigenvalue weighted by atomic mass is 9.91. The predicted octanol–water partition coefficient (Wildman–Crippen LogP) is 1.62. The molecule has 0 aliphatic rings. The monoisotopic (exact) mass is 313 g/mol. The number of nitrogens with zero attached hydrogens (tertiary/aromatic N) is 1. The van der Waals surface area contributed by atoms with E-state index in [2.05, 4.69) is 5.18 Å². The van der Waals surface area contributed by atoms with Crippen molar-refractivity contribution in [3.8, 4) is 0 Å². The number of rotatable bonds is 8. The van der Waals surface area contributed by atoms with E-state index < -0.39 is 24.2 Å². The van der Waals surface area contributed by atoms with Crippen LogP contribution in [-0.4, -0.2) is 29.3 Å². The number of aliphatic hydroxyl groups is 1. The first-order valence-corrected chi connectivity index (χ1v) is 7.71. The molecular formula is C18H23N3O2. The zero-order valence-corrected chi connectivity index (χ0v) is 13.0. The highest BCUT2D eigenvalue weighted by atomic mass is 16.3. The standard InChI is InChI=1S/C18H23N3O2/c19-15(11-13-7-3-1-4-8-13)17(21-23)18(22)16(20)12-14-9-5-2-6-10-14/h1-10,15-18,22H,11-12,19-20H2. The van der Waals surface area contributed by atoms with Gasteiger partial charge in [0, 0.05) is 12.1 Å². The van der Waals surface area contributed by atoms with Crippen molar-refractivity contribution >= 4 is 0 Å². The van der Waals surface area contributed by atoms with Crippen molar-refractivity contribution < 1.29 is 5.11 Å². The molecule has 2 aromatic carbocycles. The largest absolute Gasteiger partial charge is 0.389 e. The highest BCUT2D eigenvalue weighted by Crippen LogP contribution is 2.14. The van der Waals surface area contributed by atoms with Crippen LogP contribution in [0.3, 0.4) is 0 Å². The Hall–Kier alpha value is -2.08. The fourth-order valence-electron chi connectivity index (χ4n) is 2.66. The quantitative estimate of drug-likeness (QED) is 0.644. The van der Waals surface area contributed by atoms with Crippen LogP contribution in [0.15, 0.2) is 65.8 Å². The van der Waals surface area contributed by atoms with E-state index in [4.69, 9.17) is 11.5 Å². The van der Waals surface area contributed by atoms with Crippen LogP contribution >= 0.6 is 0 Å². The average molecular weight is 313 g/mol. The highest BCUT2D eigenvalue weighted by Gasteiger charge is 2.31. The highest BCUT2D eigenvalue weighted by molar-refractivity contribution is 5.18. The first-order valence-electron chi connectivity index (χ1n) is 7.71. The zero-order chi connectivity index (χ0) is 16.7. The van der Waals surface area contributed by atoms with Crippen molar-refractivity contribution in [2.75, 3.05) is 0 Å². The number of benzene rings is 2. The van der Waals surface area contributed by atoms with Crippen molar-refractivity contribution in [3.63, 3.8) is 0 Å². The molecule has 2 aromatic rings. The summed E-state index contributed by atoms with van der Waals surface area (Å²) in [6.07, 6.45) is -0.148. The Labute approximate surface area is 136 Å². The van der Waals surface area contributed by atoms with E-state index >= 15 is 0 Å². The van der Waals surface area contributed by atoms with Crippen LogP contribution in [0.2, 0.25) is 0 Å². The normalized spacial score (nSPS) is 16.3. The van der Waals surface area contributed by atoms with Crippen molar-refractivity contribution in [3.05, 3.63) is 76.7 Å². The van der Waals surface area contributed by atoms with Gasteiger partial charge in [-0.2, -0.15) is 4.91 Å². The van der Waals surface area contributed by atoms with Crippen LogP contribution in [0, 0.1) is 4.91 Å². The summed E-state index contributed by atoms with van der Waals surface area (Å²) in [7, 11) is 0. The predicted molar refractivity (Wildman–Crippen MR) is 91.8 cm³/mol. The molecule has 0 aromatic heterocycles. The fourth-order valence-corrected chi connectivity index (χ4v) is 2.66. The van der Waals surface area contributed by atoms with Crippen molar-refractivity contribution in [2.45, 2.75) is 37.1 Å². The maximum absolute atomic E-state index is 11.2. The second-order valence-electron chi connectivity index (χ2n) is 5.79. The smallest absolute Gasteiger partial charge is 0.135 e. The SMILES string of the molecule is NC(Cc1ccccc1)C(O)C(N=O)C(N)Cc1ccccc1. The van der Waals surface area contributed by atoms with Gasteiger partial charge in [0.1, 0.15) is 6.04 Å². The van der Waals surface area contributed by atoms with Gasteiger partial charge >= 0.3 is 0 Å². The van der Waals surface area contributed by atoms with Gasteiger partial charge in [-0.15, -0.1) is 0 Å². The molecule has 0 saturated heterocycles. The summed E-state index contributed by atoms with van der Waals surface area (Å²) >= 11 is 0. The summed E-state index contributed by atoms with van der Waals surface area (Å²) in [5.74, 6) is 0. The Bertz CT molecular complexity index is 592. The molecule has 4 unspecified atom stereocenters. The molecule has 122 valence electrons. The van der Waals surface area contributed by atoms with Crippen LogP contribution in [0.5, 0.6) is 0 Å². The second kappa shape index (κ2) is 8.53. The third-order valence-electron chi connectivity index (χ3n) is 3.98. The Morgan fingerprint density at radius 3 is 1.70 bits per heavy atom. The van der Waals surface area contributed by atoms with E-state index in [9.17, 15) is 10.0 Å². The lowest BCUT2D eigenvalue weighted by molar-refractivity contribution is 0.106. The lowest BCUT2D eigenvalue weighted by Crippen LogP contribution is -2.51. The molecule has 0 bridgehead atoms. The maximum Gasteiger partial charge on any atom is 0.135 e. The van der Waals surface area contributed by atoms with E-state index in [-0.39, 0.29) is 0 Å². The minimum absolute atomic E-state index is 0.464. The fraction of sp³-hybridized carbons (Fsp3) is 0.333.